The fraction of sp³-hybridized carbons (Fsp3) is 0.235. The molecule has 0 atom stereocenters. The van der Waals surface area contributed by atoms with E-state index in [2.05, 4.69) is 6.58 Å². The minimum Gasteiger partial charge on any atom is -0.456 e. The zero-order chi connectivity index (χ0) is 14.0. The second-order valence-electron chi connectivity index (χ2n) is 5.51. The van der Waals surface area contributed by atoms with Crippen molar-refractivity contribution in [2.24, 2.45) is 0 Å². The molecule has 0 saturated heterocycles. The molecule has 0 bridgehead atoms. The van der Waals surface area contributed by atoms with Crippen LogP contribution in [0.15, 0.2) is 49.0 Å². The molecule has 2 nitrogen and oxygen atoms in total. The molecule has 19 heavy (non-hydrogen) atoms. The molecular weight excluding hydrogens is 236 g/mol. The monoisotopic (exact) mass is 254 g/mol. The van der Waals surface area contributed by atoms with Crippen LogP contribution < -0.4 is 0 Å². The maximum Gasteiger partial charge on any atom is 0.338 e. The summed E-state index contributed by atoms with van der Waals surface area (Å²) in [6.07, 6.45) is 0. The molecule has 0 aliphatic heterocycles. The highest BCUT2D eigenvalue weighted by Gasteiger charge is 2.20. The van der Waals surface area contributed by atoms with Crippen LogP contribution >= 0.6 is 0 Å². The van der Waals surface area contributed by atoms with Gasteiger partial charge in [0, 0.05) is 0 Å². The molecule has 0 fully saturated rings. The molecule has 2 heteroatoms. The molecule has 0 saturated carbocycles. The molecule has 0 aliphatic rings. The van der Waals surface area contributed by atoms with Gasteiger partial charge < -0.3 is 4.74 Å². The maximum absolute atomic E-state index is 12.1. The van der Waals surface area contributed by atoms with Crippen LogP contribution in [0.2, 0.25) is 0 Å². The Morgan fingerprint density at radius 1 is 1.05 bits per heavy atom. The second-order valence-corrected chi connectivity index (χ2v) is 5.51. The first-order chi connectivity index (χ1) is 8.88. The van der Waals surface area contributed by atoms with Crippen molar-refractivity contribution < 1.29 is 9.53 Å². The third kappa shape index (κ3) is 3.02. The van der Waals surface area contributed by atoms with Crippen LogP contribution in [0.25, 0.3) is 16.3 Å². The van der Waals surface area contributed by atoms with Gasteiger partial charge in [0.05, 0.1) is 5.57 Å². The third-order valence-electron chi connectivity index (χ3n) is 2.76. The van der Waals surface area contributed by atoms with Gasteiger partial charge in [0.2, 0.25) is 0 Å². The van der Waals surface area contributed by atoms with Crippen LogP contribution in [0.1, 0.15) is 26.3 Å². The van der Waals surface area contributed by atoms with Crippen molar-refractivity contribution in [3.05, 3.63) is 54.6 Å². The Kier molecular flexibility index (Phi) is 3.43. The number of hydrogen-bond donors (Lipinski definition) is 0. The van der Waals surface area contributed by atoms with Crippen LogP contribution in [0.4, 0.5) is 0 Å². The van der Waals surface area contributed by atoms with Crippen LogP contribution in [0.3, 0.4) is 0 Å². The maximum atomic E-state index is 12.1. The van der Waals surface area contributed by atoms with Gasteiger partial charge in [-0.25, -0.2) is 4.79 Å². The fourth-order valence-electron chi connectivity index (χ4n) is 1.94. The van der Waals surface area contributed by atoms with E-state index < -0.39 is 5.60 Å². The van der Waals surface area contributed by atoms with Gasteiger partial charge in [0.25, 0.3) is 0 Å². The predicted molar refractivity (Wildman–Crippen MR) is 78.8 cm³/mol. The Balaban J connectivity index is 2.40. The van der Waals surface area contributed by atoms with E-state index in [9.17, 15) is 4.79 Å². The Morgan fingerprint density at radius 2 is 1.68 bits per heavy atom. The van der Waals surface area contributed by atoms with Crippen molar-refractivity contribution >= 4 is 22.3 Å². The molecule has 0 aliphatic carbocycles. The molecule has 98 valence electrons. The minimum atomic E-state index is -0.509. The van der Waals surface area contributed by atoms with E-state index in [0.29, 0.717) is 5.57 Å². The Labute approximate surface area is 113 Å². The van der Waals surface area contributed by atoms with Gasteiger partial charge in [0.15, 0.2) is 0 Å². The average molecular weight is 254 g/mol. The van der Waals surface area contributed by atoms with Gasteiger partial charge in [-0.15, -0.1) is 0 Å². The van der Waals surface area contributed by atoms with Gasteiger partial charge in [-0.1, -0.05) is 49.0 Å². The second kappa shape index (κ2) is 4.88. The summed E-state index contributed by atoms with van der Waals surface area (Å²) < 4.78 is 5.36. The van der Waals surface area contributed by atoms with Crippen molar-refractivity contribution in [3.8, 4) is 0 Å². The topological polar surface area (TPSA) is 26.3 Å². The molecule has 2 aromatic rings. The molecule has 0 heterocycles. The summed E-state index contributed by atoms with van der Waals surface area (Å²) >= 11 is 0. The lowest BCUT2D eigenvalue weighted by Crippen LogP contribution is -2.24. The number of esters is 1. The first-order valence-corrected chi connectivity index (χ1v) is 6.29. The van der Waals surface area contributed by atoms with Gasteiger partial charge in [0.1, 0.15) is 5.60 Å². The summed E-state index contributed by atoms with van der Waals surface area (Å²) in [4.78, 5) is 12.1. The molecule has 0 radical (unpaired) electrons. The van der Waals surface area contributed by atoms with Crippen molar-refractivity contribution in [2.75, 3.05) is 0 Å². The third-order valence-corrected chi connectivity index (χ3v) is 2.76. The smallest absolute Gasteiger partial charge is 0.338 e. The minimum absolute atomic E-state index is 0.371. The van der Waals surface area contributed by atoms with Gasteiger partial charge >= 0.3 is 5.97 Å². The zero-order valence-electron chi connectivity index (χ0n) is 11.6. The summed E-state index contributed by atoms with van der Waals surface area (Å²) in [6.45, 7) is 9.43. The lowest BCUT2D eigenvalue weighted by Gasteiger charge is -2.20. The van der Waals surface area contributed by atoms with Gasteiger partial charge in [-0.2, -0.15) is 0 Å². The molecular formula is C17H18O2. The highest BCUT2D eigenvalue weighted by Crippen LogP contribution is 2.26. The Morgan fingerprint density at radius 3 is 2.37 bits per heavy atom. The SMILES string of the molecule is C=C(C(=O)OC(C)(C)C)c1cccc2ccccc12. The molecule has 0 spiro atoms. The summed E-state index contributed by atoms with van der Waals surface area (Å²) in [5, 5.41) is 2.10. The number of carbonyl (C=O) groups excluding carboxylic acids is 1. The molecule has 2 aromatic carbocycles. The van der Waals surface area contributed by atoms with Gasteiger partial charge in [-0.3, -0.25) is 0 Å². The van der Waals surface area contributed by atoms with Crippen LogP contribution in [0, 0.1) is 0 Å². The highest BCUT2D eigenvalue weighted by molar-refractivity contribution is 6.19. The number of benzene rings is 2. The molecule has 0 aromatic heterocycles. The van der Waals surface area contributed by atoms with Crippen molar-refractivity contribution in [1.82, 2.24) is 0 Å². The Bertz CT molecular complexity index is 628. The first-order valence-electron chi connectivity index (χ1n) is 6.29. The first kappa shape index (κ1) is 13.3. The van der Waals surface area contributed by atoms with Crippen LogP contribution in [-0.2, 0) is 9.53 Å². The summed E-state index contributed by atoms with van der Waals surface area (Å²) in [5.41, 5.74) is 0.712. The van der Waals surface area contributed by atoms with Crippen molar-refractivity contribution in [1.29, 1.82) is 0 Å². The molecule has 0 unspecified atom stereocenters. The predicted octanol–water partition coefficient (Wildman–Crippen LogP) is 4.19. The molecule has 0 N–H and O–H groups in total. The van der Waals surface area contributed by atoms with E-state index in [0.717, 1.165) is 16.3 Å². The summed E-state index contributed by atoms with van der Waals surface area (Å²) in [5.74, 6) is -0.371. The standard InChI is InChI=1S/C17H18O2/c1-12(16(18)19-17(2,3)4)14-11-7-9-13-8-5-6-10-15(13)14/h5-11H,1H2,2-4H3. The van der Waals surface area contributed by atoms with Crippen LogP contribution in [-0.4, -0.2) is 11.6 Å². The number of rotatable bonds is 2. The average Bonchev–Trinajstić information content (AvgIpc) is 2.35. The molecule has 0 amide bonds. The lowest BCUT2D eigenvalue weighted by molar-refractivity contribution is -0.147. The van der Waals surface area contributed by atoms with E-state index in [1.807, 2.05) is 63.2 Å². The summed E-state index contributed by atoms with van der Waals surface area (Å²) in [7, 11) is 0. The normalized spacial score (nSPS) is 11.3. The van der Waals surface area contributed by atoms with E-state index in [-0.39, 0.29) is 5.97 Å². The molecule has 2 rings (SSSR count). The van der Waals surface area contributed by atoms with E-state index in [1.165, 1.54) is 0 Å². The highest BCUT2D eigenvalue weighted by atomic mass is 16.6. The Hall–Kier alpha value is -2.09. The van der Waals surface area contributed by atoms with Crippen molar-refractivity contribution in [3.63, 3.8) is 0 Å². The number of carbonyl (C=O) groups is 1. The van der Waals surface area contributed by atoms with Crippen LogP contribution in [0.5, 0.6) is 0 Å². The number of fused-ring (bicyclic) bond motifs is 1. The summed E-state index contributed by atoms with van der Waals surface area (Å²) in [6, 6.07) is 13.8. The quantitative estimate of drug-likeness (QED) is 0.593. The van der Waals surface area contributed by atoms with E-state index in [1.54, 1.807) is 0 Å². The zero-order valence-corrected chi connectivity index (χ0v) is 11.6. The van der Waals surface area contributed by atoms with Crippen molar-refractivity contribution in [2.45, 2.75) is 26.4 Å². The van der Waals surface area contributed by atoms with E-state index in [4.69, 9.17) is 4.74 Å². The largest absolute Gasteiger partial charge is 0.456 e. The van der Waals surface area contributed by atoms with Gasteiger partial charge in [-0.05, 0) is 37.1 Å². The van der Waals surface area contributed by atoms with E-state index >= 15 is 0 Å². The lowest BCUT2D eigenvalue weighted by atomic mass is 9.99. The number of ether oxygens (including phenoxy) is 1. The number of hydrogen-bond acceptors (Lipinski definition) is 2. The fourth-order valence-corrected chi connectivity index (χ4v) is 1.94.